The van der Waals surface area contributed by atoms with Crippen molar-refractivity contribution in [2.75, 3.05) is 13.2 Å². The Labute approximate surface area is 185 Å². The molecule has 0 radical (unpaired) electrons. The van der Waals surface area contributed by atoms with Crippen LogP contribution in [0.15, 0.2) is 82.5 Å². The van der Waals surface area contributed by atoms with Gasteiger partial charge in [0.15, 0.2) is 18.1 Å². The molecule has 0 fully saturated rings. The molecule has 0 bridgehead atoms. The van der Waals surface area contributed by atoms with E-state index in [1.54, 1.807) is 54.6 Å². The zero-order valence-corrected chi connectivity index (χ0v) is 17.4. The number of hydrazone groups is 1. The average molecular weight is 434 g/mol. The van der Waals surface area contributed by atoms with E-state index in [4.69, 9.17) is 18.6 Å². The van der Waals surface area contributed by atoms with Gasteiger partial charge in [0.25, 0.3) is 5.91 Å². The van der Waals surface area contributed by atoms with E-state index in [0.29, 0.717) is 35.2 Å². The first-order chi connectivity index (χ1) is 15.6. The molecule has 0 aliphatic carbocycles. The molecule has 0 aliphatic rings. The number of amides is 1. The van der Waals surface area contributed by atoms with Gasteiger partial charge in [-0.25, -0.2) is 10.2 Å². The molecule has 0 spiro atoms. The lowest BCUT2D eigenvalue weighted by molar-refractivity contribution is -0.129. The minimum Gasteiger partial charge on any atom is -0.490 e. The first kappa shape index (κ1) is 22.4. The molecule has 3 rings (SSSR count). The van der Waals surface area contributed by atoms with Crippen molar-refractivity contribution in [2.24, 2.45) is 5.10 Å². The maximum atomic E-state index is 12.0. The lowest BCUT2D eigenvalue weighted by atomic mass is 10.2. The summed E-state index contributed by atoms with van der Waals surface area (Å²) in [4.78, 5) is 23.9. The molecule has 0 saturated heterocycles. The van der Waals surface area contributed by atoms with Crippen molar-refractivity contribution in [3.8, 4) is 17.2 Å². The van der Waals surface area contributed by atoms with E-state index in [9.17, 15) is 9.59 Å². The van der Waals surface area contributed by atoms with Gasteiger partial charge in [0.2, 0.25) is 0 Å². The highest BCUT2D eigenvalue weighted by atomic mass is 16.5. The zero-order chi connectivity index (χ0) is 22.6. The molecule has 8 nitrogen and oxygen atoms in total. The van der Waals surface area contributed by atoms with Crippen LogP contribution in [0.2, 0.25) is 0 Å². The Bertz CT molecular complexity index is 1090. The Kier molecular flexibility index (Phi) is 8.21. The van der Waals surface area contributed by atoms with E-state index in [1.165, 1.54) is 24.6 Å². The summed E-state index contributed by atoms with van der Waals surface area (Å²) in [5.41, 5.74) is 3.02. The second-order valence-corrected chi connectivity index (χ2v) is 6.30. The van der Waals surface area contributed by atoms with Crippen LogP contribution >= 0.6 is 0 Å². The van der Waals surface area contributed by atoms with Gasteiger partial charge in [-0.3, -0.25) is 4.79 Å². The van der Waals surface area contributed by atoms with Crippen molar-refractivity contribution in [1.82, 2.24) is 5.43 Å². The molecule has 0 atom stereocenters. The highest BCUT2D eigenvalue weighted by Gasteiger charge is 2.07. The Morgan fingerprint density at radius 3 is 2.59 bits per heavy atom. The molecular formula is C24H22N2O6. The average Bonchev–Trinajstić information content (AvgIpc) is 3.31. The predicted molar refractivity (Wildman–Crippen MR) is 119 cm³/mol. The van der Waals surface area contributed by atoms with E-state index in [2.05, 4.69) is 10.5 Å². The third-order valence-electron chi connectivity index (χ3n) is 3.91. The summed E-state index contributed by atoms with van der Waals surface area (Å²) in [5.74, 6) is 0.946. The lowest BCUT2D eigenvalue weighted by Gasteiger charge is -2.10. The van der Waals surface area contributed by atoms with Gasteiger partial charge in [0.05, 0.1) is 19.1 Å². The number of ether oxygens (including phenoxy) is 3. The third kappa shape index (κ3) is 7.17. The Morgan fingerprint density at radius 2 is 1.84 bits per heavy atom. The molecule has 3 aromatic rings. The van der Waals surface area contributed by atoms with Gasteiger partial charge in [-0.05, 0) is 55.0 Å². The van der Waals surface area contributed by atoms with Gasteiger partial charge in [0.1, 0.15) is 11.5 Å². The van der Waals surface area contributed by atoms with Crippen molar-refractivity contribution < 1.29 is 28.2 Å². The highest BCUT2D eigenvalue weighted by Crippen LogP contribution is 2.26. The van der Waals surface area contributed by atoms with Crippen LogP contribution in [0.1, 0.15) is 18.2 Å². The number of carbonyl (C=O) groups is 2. The largest absolute Gasteiger partial charge is 0.490 e. The van der Waals surface area contributed by atoms with E-state index in [0.717, 1.165) is 0 Å². The van der Waals surface area contributed by atoms with Crippen LogP contribution in [0.5, 0.6) is 17.2 Å². The van der Waals surface area contributed by atoms with E-state index in [-0.39, 0.29) is 6.61 Å². The van der Waals surface area contributed by atoms with Crippen molar-refractivity contribution in [2.45, 2.75) is 6.92 Å². The normalized spacial score (nSPS) is 10.9. The fraction of sp³-hybridized carbons (Fsp3) is 0.125. The molecule has 1 heterocycles. The van der Waals surface area contributed by atoms with Gasteiger partial charge in [-0.15, -0.1) is 0 Å². The van der Waals surface area contributed by atoms with Crippen LogP contribution in [-0.4, -0.2) is 31.3 Å². The lowest BCUT2D eigenvalue weighted by Crippen LogP contribution is -2.24. The summed E-state index contributed by atoms with van der Waals surface area (Å²) >= 11 is 0. The number of hydrogen-bond donors (Lipinski definition) is 1. The Balaban J connectivity index is 1.48. The van der Waals surface area contributed by atoms with Crippen LogP contribution in [0.25, 0.3) is 6.08 Å². The summed E-state index contributed by atoms with van der Waals surface area (Å²) in [6.45, 7) is 2.14. The summed E-state index contributed by atoms with van der Waals surface area (Å²) in [5, 5.41) is 3.90. The first-order valence-electron chi connectivity index (χ1n) is 9.84. The second-order valence-electron chi connectivity index (χ2n) is 6.30. The van der Waals surface area contributed by atoms with Crippen molar-refractivity contribution in [3.05, 3.63) is 84.3 Å². The zero-order valence-electron chi connectivity index (χ0n) is 17.4. The summed E-state index contributed by atoms with van der Waals surface area (Å²) < 4.78 is 21.3. The van der Waals surface area contributed by atoms with Crippen LogP contribution in [0, 0.1) is 0 Å². The maximum Gasteiger partial charge on any atom is 0.336 e. The van der Waals surface area contributed by atoms with Crippen molar-refractivity contribution in [1.29, 1.82) is 0 Å². The SMILES string of the molecule is CCOc1ccccc1OCC(=O)NN=Cc1cccc(OC(=O)C=Cc2ccco2)c1. The second kappa shape index (κ2) is 11.8. The maximum absolute atomic E-state index is 12.0. The summed E-state index contributed by atoms with van der Waals surface area (Å²) in [7, 11) is 0. The summed E-state index contributed by atoms with van der Waals surface area (Å²) in [6.07, 6.45) is 5.72. The molecule has 2 aromatic carbocycles. The number of hydrogen-bond acceptors (Lipinski definition) is 7. The number of rotatable bonds is 10. The van der Waals surface area contributed by atoms with E-state index in [1.807, 2.05) is 13.0 Å². The van der Waals surface area contributed by atoms with Crippen molar-refractivity contribution >= 4 is 24.2 Å². The molecule has 0 unspecified atom stereocenters. The molecule has 1 amide bonds. The van der Waals surface area contributed by atoms with E-state index < -0.39 is 11.9 Å². The van der Waals surface area contributed by atoms with Crippen LogP contribution in [0.3, 0.4) is 0 Å². The minimum absolute atomic E-state index is 0.221. The quantitative estimate of drug-likeness (QED) is 0.171. The van der Waals surface area contributed by atoms with Crippen LogP contribution in [0.4, 0.5) is 0 Å². The molecule has 0 aliphatic heterocycles. The van der Waals surface area contributed by atoms with Gasteiger partial charge in [-0.1, -0.05) is 24.3 Å². The minimum atomic E-state index is -0.548. The molecular weight excluding hydrogens is 412 g/mol. The Hall–Kier alpha value is -4.33. The first-order valence-corrected chi connectivity index (χ1v) is 9.84. The number of esters is 1. The fourth-order valence-corrected chi connectivity index (χ4v) is 2.54. The molecule has 1 N–H and O–H groups in total. The number of furan rings is 1. The van der Waals surface area contributed by atoms with Crippen LogP contribution in [-0.2, 0) is 9.59 Å². The number of nitrogens with zero attached hydrogens (tertiary/aromatic N) is 1. The van der Waals surface area contributed by atoms with E-state index >= 15 is 0 Å². The third-order valence-corrected chi connectivity index (χ3v) is 3.91. The highest BCUT2D eigenvalue weighted by molar-refractivity contribution is 5.89. The van der Waals surface area contributed by atoms with Gasteiger partial charge < -0.3 is 18.6 Å². The summed E-state index contributed by atoms with van der Waals surface area (Å²) in [6, 6.07) is 17.2. The van der Waals surface area contributed by atoms with Crippen LogP contribution < -0.4 is 19.6 Å². The van der Waals surface area contributed by atoms with Gasteiger partial charge in [0, 0.05) is 6.08 Å². The fourth-order valence-electron chi connectivity index (χ4n) is 2.54. The molecule has 164 valence electrons. The van der Waals surface area contributed by atoms with Gasteiger partial charge in [-0.2, -0.15) is 5.10 Å². The van der Waals surface area contributed by atoms with Crippen molar-refractivity contribution in [3.63, 3.8) is 0 Å². The molecule has 0 saturated carbocycles. The number of carbonyl (C=O) groups excluding carboxylic acids is 2. The molecule has 8 heteroatoms. The number of para-hydroxylation sites is 2. The smallest absolute Gasteiger partial charge is 0.336 e. The topological polar surface area (TPSA) is 99.4 Å². The standard InChI is InChI=1S/C24H22N2O6/c1-2-29-21-10-3-4-11-22(21)31-17-23(27)26-25-16-18-7-5-8-20(15-18)32-24(28)13-12-19-9-6-14-30-19/h3-16H,2,17H2,1H3,(H,26,27). The predicted octanol–water partition coefficient (Wildman–Crippen LogP) is 3.83. The molecule has 32 heavy (non-hydrogen) atoms. The molecule has 1 aromatic heterocycles. The number of benzene rings is 2. The number of nitrogens with one attached hydrogen (secondary N) is 1. The van der Waals surface area contributed by atoms with Gasteiger partial charge >= 0.3 is 5.97 Å². The Morgan fingerprint density at radius 1 is 1.03 bits per heavy atom. The monoisotopic (exact) mass is 434 g/mol.